The number of rotatable bonds is 3. The Hall–Kier alpha value is -0.930. The van der Waals surface area contributed by atoms with Crippen molar-refractivity contribution in [3.05, 3.63) is 24.3 Å². The third kappa shape index (κ3) is 2.25. The molecule has 0 spiro atoms. The third-order valence-electron chi connectivity index (χ3n) is 2.95. The van der Waals surface area contributed by atoms with Crippen LogP contribution in [0.3, 0.4) is 0 Å². The topological polar surface area (TPSA) is 26.7 Å². The molecule has 1 N–H and O–H groups in total. The highest BCUT2D eigenvalue weighted by molar-refractivity contribution is 6.18. The zero-order valence-corrected chi connectivity index (χ0v) is 10.2. The Morgan fingerprint density at radius 3 is 2.69 bits per heavy atom. The fourth-order valence-corrected chi connectivity index (χ4v) is 2.16. The normalized spacial score (nSPS) is 17.2. The monoisotopic (exact) mass is 240 g/mol. The van der Waals surface area contributed by atoms with E-state index in [0.717, 1.165) is 13.1 Å². The van der Waals surface area contributed by atoms with Gasteiger partial charge >= 0.3 is 0 Å². The van der Waals surface area contributed by atoms with E-state index in [1.807, 2.05) is 12.1 Å². The first kappa shape index (κ1) is 11.6. The minimum Gasteiger partial charge on any atom is -0.390 e. The Labute approximate surface area is 101 Å². The fourth-order valence-electron chi connectivity index (χ4n) is 2.06. The zero-order chi connectivity index (χ0) is 11.5. The number of para-hydroxylation sites is 2. The smallest absolute Gasteiger partial charge is 0.0850 e. The van der Waals surface area contributed by atoms with Gasteiger partial charge in [-0.05, 0) is 12.1 Å². The van der Waals surface area contributed by atoms with Gasteiger partial charge in [0, 0.05) is 26.7 Å². The summed E-state index contributed by atoms with van der Waals surface area (Å²) in [5, 5.41) is 9.61. The quantitative estimate of drug-likeness (QED) is 0.812. The van der Waals surface area contributed by atoms with Crippen molar-refractivity contribution < 1.29 is 5.11 Å². The van der Waals surface area contributed by atoms with Crippen LogP contribution in [0, 0.1) is 0 Å². The number of anilines is 2. The summed E-state index contributed by atoms with van der Waals surface area (Å²) in [6, 6.07) is 8.26. The number of halogens is 1. The zero-order valence-electron chi connectivity index (χ0n) is 9.43. The number of likely N-dealkylation sites (N-methyl/N-ethyl adjacent to an activating group) is 1. The SMILES string of the molecule is CN1CCN(CC(O)CCl)c2ccccc21. The molecule has 16 heavy (non-hydrogen) atoms. The maximum atomic E-state index is 9.61. The highest BCUT2D eigenvalue weighted by Crippen LogP contribution is 2.31. The number of aliphatic hydroxyl groups excluding tert-OH is 1. The predicted molar refractivity (Wildman–Crippen MR) is 68.7 cm³/mol. The summed E-state index contributed by atoms with van der Waals surface area (Å²) in [4.78, 5) is 4.43. The van der Waals surface area contributed by atoms with Crippen LogP contribution in [-0.2, 0) is 0 Å². The Morgan fingerprint density at radius 2 is 2.00 bits per heavy atom. The third-order valence-corrected chi connectivity index (χ3v) is 3.30. The molecule has 3 nitrogen and oxygen atoms in total. The van der Waals surface area contributed by atoms with Crippen LogP contribution in [0.15, 0.2) is 24.3 Å². The second-order valence-corrected chi connectivity index (χ2v) is 4.47. The molecule has 0 fully saturated rings. The Balaban J connectivity index is 2.21. The van der Waals surface area contributed by atoms with Crippen molar-refractivity contribution in [3.63, 3.8) is 0 Å². The molecule has 0 saturated carbocycles. The molecule has 1 aliphatic rings. The van der Waals surface area contributed by atoms with Crippen LogP contribution in [0.25, 0.3) is 0 Å². The maximum Gasteiger partial charge on any atom is 0.0850 e. The van der Waals surface area contributed by atoms with Gasteiger partial charge in [-0.1, -0.05) is 12.1 Å². The van der Waals surface area contributed by atoms with Gasteiger partial charge in [0.2, 0.25) is 0 Å². The average Bonchev–Trinajstić information content (AvgIpc) is 2.33. The second-order valence-electron chi connectivity index (χ2n) is 4.16. The van der Waals surface area contributed by atoms with Crippen LogP contribution < -0.4 is 9.80 Å². The highest BCUT2D eigenvalue weighted by atomic mass is 35.5. The molecule has 0 bridgehead atoms. The molecule has 2 rings (SSSR count). The summed E-state index contributed by atoms with van der Waals surface area (Å²) in [5.74, 6) is 0.286. The maximum absolute atomic E-state index is 9.61. The molecule has 0 aromatic heterocycles. The summed E-state index contributed by atoms with van der Waals surface area (Å²) >= 11 is 5.64. The van der Waals surface area contributed by atoms with Gasteiger partial charge in [0.25, 0.3) is 0 Å². The van der Waals surface area contributed by atoms with E-state index in [1.54, 1.807) is 0 Å². The van der Waals surface area contributed by atoms with E-state index in [0.29, 0.717) is 6.54 Å². The number of fused-ring (bicyclic) bond motifs is 1. The van der Waals surface area contributed by atoms with Crippen molar-refractivity contribution in [3.8, 4) is 0 Å². The van der Waals surface area contributed by atoms with Crippen LogP contribution in [0.2, 0.25) is 0 Å². The number of aliphatic hydroxyl groups is 1. The van der Waals surface area contributed by atoms with Crippen molar-refractivity contribution >= 4 is 23.0 Å². The number of hydrogen-bond acceptors (Lipinski definition) is 3. The first-order valence-corrected chi connectivity index (χ1v) is 6.05. The van der Waals surface area contributed by atoms with Crippen molar-refractivity contribution in [1.29, 1.82) is 0 Å². The summed E-state index contributed by atoms with van der Waals surface area (Å²) in [7, 11) is 2.09. The van der Waals surface area contributed by atoms with Gasteiger partial charge in [-0.15, -0.1) is 11.6 Å². The molecule has 1 aromatic rings. The standard InChI is InChI=1S/C12H17ClN2O/c1-14-6-7-15(9-10(16)8-13)12-5-3-2-4-11(12)14/h2-5,10,16H,6-9H2,1H3. The molecule has 0 aliphatic carbocycles. The summed E-state index contributed by atoms with van der Waals surface area (Å²) in [6.07, 6.45) is -0.460. The van der Waals surface area contributed by atoms with Crippen LogP contribution in [0.1, 0.15) is 0 Å². The van der Waals surface area contributed by atoms with E-state index < -0.39 is 6.10 Å². The lowest BCUT2D eigenvalue weighted by molar-refractivity contribution is 0.203. The molecule has 1 aromatic carbocycles. The van der Waals surface area contributed by atoms with Crippen molar-refractivity contribution in [1.82, 2.24) is 0 Å². The van der Waals surface area contributed by atoms with E-state index in [-0.39, 0.29) is 5.88 Å². The molecular weight excluding hydrogens is 224 g/mol. The second kappa shape index (κ2) is 4.93. The Morgan fingerprint density at radius 1 is 1.31 bits per heavy atom. The lowest BCUT2D eigenvalue weighted by Crippen LogP contribution is -2.43. The molecule has 0 saturated heterocycles. The number of hydrogen-bond donors (Lipinski definition) is 1. The number of β-amino-alcohol motifs (C(OH)–C–C–N with tert-alkyl or cyclic N) is 1. The van der Waals surface area contributed by atoms with E-state index in [9.17, 15) is 5.11 Å². The molecular formula is C12H17ClN2O. The molecule has 4 heteroatoms. The van der Waals surface area contributed by atoms with Crippen molar-refractivity contribution in [2.75, 3.05) is 42.4 Å². The summed E-state index contributed by atoms with van der Waals surface area (Å²) in [5.41, 5.74) is 2.40. The molecule has 0 amide bonds. The molecule has 1 aliphatic heterocycles. The fraction of sp³-hybridized carbons (Fsp3) is 0.500. The predicted octanol–water partition coefficient (Wildman–Crippen LogP) is 1.54. The van der Waals surface area contributed by atoms with Gasteiger partial charge < -0.3 is 14.9 Å². The van der Waals surface area contributed by atoms with Gasteiger partial charge in [0.1, 0.15) is 0 Å². The molecule has 1 atom stereocenters. The largest absolute Gasteiger partial charge is 0.390 e. The Kier molecular flexibility index (Phi) is 3.56. The van der Waals surface area contributed by atoms with Gasteiger partial charge in [-0.25, -0.2) is 0 Å². The number of benzene rings is 1. The van der Waals surface area contributed by atoms with Crippen LogP contribution >= 0.6 is 11.6 Å². The lowest BCUT2D eigenvalue weighted by Gasteiger charge is -2.37. The Bertz CT molecular complexity index is 359. The first-order valence-electron chi connectivity index (χ1n) is 5.51. The van der Waals surface area contributed by atoms with Crippen LogP contribution in [0.4, 0.5) is 11.4 Å². The first-order chi connectivity index (χ1) is 7.72. The van der Waals surface area contributed by atoms with Crippen LogP contribution in [-0.4, -0.2) is 43.8 Å². The van der Waals surface area contributed by atoms with Gasteiger partial charge in [0.05, 0.1) is 23.4 Å². The number of alkyl halides is 1. The highest BCUT2D eigenvalue weighted by Gasteiger charge is 2.21. The van der Waals surface area contributed by atoms with E-state index >= 15 is 0 Å². The van der Waals surface area contributed by atoms with Crippen LogP contribution in [0.5, 0.6) is 0 Å². The molecule has 1 heterocycles. The van der Waals surface area contributed by atoms with Gasteiger partial charge in [-0.2, -0.15) is 0 Å². The van der Waals surface area contributed by atoms with E-state index in [1.165, 1.54) is 11.4 Å². The van der Waals surface area contributed by atoms with E-state index in [2.05, 4.69) is 29.0 Å². The number of nitrogens with zero attached hydrogens (tertiary/aromatic N) is 2. The summed E-state index contributed by atoms with van der Waals surface area (Å²) in [6.45, 7) is 2.52. The van der Waals surface area contributed by atoms with Crippen molar-refractivity contribution in [2.45, 2.75) is 6.10 Å². The average molecular weight is 241 g/mol. The van der Waals surface area contributed by atoms with Gasteiger partial charge in [0.15, 0.2) is 0 Å². The minimum absolute atomic E-state index is 0.286. The molecule has 88 valence electrons. The van der Waals surface area contributed by atoms with E-state index in [4.69, 9.17) is 11.6 Å². The lowest BCUT2D eigenvalue weighted by atomic mass is 10.1. The van der Waals surface area contributed by atoms with Crippen molar-refractivity contribution in [2.24, 2.45) is 0 Å². The minimum atomic E-state index is -0.460. The van der Waals surface area contributed by atoms with Gasteiger partial charge in [-0.3, -0.25) is 0 Å². The molecule has 1 unspecified atom stereocenters. The summed E-state index contributed by atoms with van der Waals surface area (Å²) < 4.78 is 0. The molecule has 0 radical (unpaired) electrons.